The molecule has 0 radical (unpaired) electrons. The van der Waals surface area contributed by atoms with Gasteiger partial charge in [0.2, 0.25) is 0 Å². The maximum absolute atomic E-state index is 5.35. The van der Waals surface area contributed by atoms with Gasteiger partial charge in [0.05, 0.1) is 0 Å². The Kier molecular flexibility index (Phi) is 5.00. The highest BCUT2D eigenvalue weighted by molar-refractivity contribution is 7.73. The molecule has 90 valence electrons. The molecule has 0 heterocycles. The van der Waals surface area contributed by atoms with E-state index in [0.29, 0.717) is 0 Å². The summed E-state index contributed by atoms with van der Waals surface area (Å²) in [5.41, 5.74) is 0. The Labute approximate surface area is 111 Å². The Bertz CT molecular complexity index is 457. The molecule has 0 nitrogen and oxygen atoms in total. The molecular weight excluding hydrogens is 235 g/mol. The molecule has 0 aromatic heterocycles. The van der Waals surface area contributed by atoms with Crippen molar-refractivity contribution in [3.05, 3.63) is 60.7 Å². The van der Waals surface area contributed by atoms with Crippen molar-refractivity contribution in [1.29, 1.82) is 0 Å². The molecule has 2 rings (SSSR count). The first-order valence-corrected chi connectivity index (χ1v) is 7.75. The third-order valence-electron chi connectivity index (χ3n) is 2.84. The van der Waals surface area contributed by atoms with Crippen molar-refractivity contribution < 1.29 is 0 Å². The molecule has 2 aromatic carbocycles. The number of rotatable bonds is 5. The zero-order valence-electron chi connectivity index (χ0n) is 10.4. The molecule has 0 N–H and O–H groups in total. The van der Waals surface area contributed by atoms with Crippen LogP contribution in [0.25, 0.3) is 0 Å². The van der Waals surface area contributed by atoms with Crippen molar-refractivity contribution in [2.45, 2.75) is 12.8 Å². The van der Waals surface area contributed by atoms with Crippen molar-refractivity contribution in [2.75, 3.05) is 6.16 Å². The SMILES string of the molecule is C#CCCCP(c1ccccc1)c1ccccc1. The van der Waals surface area contributed by atoms with Crippen LogP contribution in [0.5, 0.6) is 0 Å². The second-order valence-electron chi connectivity index (χ2n) is 4.13. The molecule has 0 unspecified atom stereocenters. The molecule has 1 heteroatoms. The Hall–Kier alpha value is -1.57. The van der Waals surface area contributed by atoms with Crippen LogP contribution >= 0.6 is 7.92 Å². The largest absolute Gasteiger partial charge is 0.120 e. The minimum atomic E-state index is -0.258. The average molecular weight is 252 g/mol. The van der Waals surface area contributed by atoms with Crippen LogP contribution in [0.15, 0.2) is 60.7 Å². The van der Waals surface area contributed by atoms with Crippen LogP contribution in [0, 0.1) is 12.3 Å². The van der Waals surface area contributed by atoms with E-state index in [1.165, 1.54) is 16.8 Å². The highest BCUT2D eigenvalue weighted by atomic mass is 31.1. The summed E-state index contributed by atoms with van der Waals surface area (Å²) in [7, 11) is -0.258. The number of hydrogen-bond acceptors (Lipinski definition) is 0. The third kappa shape index (κ3) is 3.46. The van der Waals surface area contributed by atoms with Gasteiger partial charge in [0.1, 0.15) is 0 Å². The van der Waals surface area contributed by atoms with Crippen LogP contribution in [0.1, 0.15) is 12.8 Å². The number of benzene rings is 2. The number of unbranched alkanes of at least 4 members (excludes halogenated alkanes) is 1. The topological polar surface area (TPSA) is 0 Å². The van der Waals surface area contributed by atoms with Gasteiger partial charge in [-0.1, -0.05) is 60.7 Å². The van der Waals surface area contributed by atoms with Crippen molar-refractivity contribution in [3.63, 3.8) is 0 Å². The molecule has 0 fully saturated rings. The number of terminal acetylenes is 1. The molecule has 0 aliphatic rings. The predicted molar refractivity (Wildman–Crippen MR) is 82.0 cm³/mol. The Balaban J connectivity index is 2.21. The Morgan fingerprint density at radius 3 is 1.78 bits per heavy atom. The minimum absolute atomic E-state index is 0.258. The maximum atomic E-state index is 5.35. The average Bonchev–Trinajstić information content (AvgIpc) is 2.46. The van der Waals surface area contributed by atoms with E-state index in [9.17, 15) is 0 Å². The molecule has 0 spiro atoms. The van der Waals surface area contributed by atoms with Gasteiger partial charge in [0, 0.05) is 6.42 Å². The van der Waals surface area contributed by atoms with Crippen molar-refractivity contribution in [2.24, 2.45) is 0 Å². The quantitative estimate of drug-likeness (QED) is 0.434. The first-order valence-electron chi connectivity index (χ1n) is 6.23. The zero-order chi connectivity index (χ0) is 12.6. The van der Waals surface area contributed by atoms with Crippen LogP contribution < -0.4 is 10.6 Å². The minimum Gasteiger partial charge on any atom is -0.120 e. The van der Waals surface area contributed by atoms with E-state index in [1.54, 1.807) is 0 Å². The lowest BCUT2D eigenvalue weighted by molar-refractivity contribution is 0.994. The van der Waals surface area contributed by atoms with Gasteiger partial charge >= 0.3 is 0 Å². The van der Waals surface area contributed by atoms with Crippen molar-refractivity contribution in [3.8, 4) is 12.3 Å². The van der Waals surface area contributed by atoms with Gasteiger partial charge in [-0.2, -0.15) is 0 Å². The lowest BCUT2D eigenvalue weighted by atomic mass is 10.3. The fourth-order valence-corrected chi connectivity index (χ4v) is 4.32. The van der Waals surface area contributed by atoms with Gasteiger partial charge in [-0.05, 0) is 31.1 Å². The summed E-state index contributed by atoms with van der Waals surface area (Å²) in [4.78, 5) is 0. The molecule has 2 aromatic rings. The summed E-state index contributed by atoms with van der Waals surface area (Å²) in [5.74, 6) is 2.74. The van der Waals surface area contributed by atoms with Crippen molar-refractivity contribution >= 4 is 18.5 Å². The van der Waals surface area contributed by atoms with Gasteiger partial charge < -0.3 is 0 Å². The van der Waals surface area contributed by atoms with E-state index in [0.717, 1.165) is 12.8 Å². The molecule has 0 amide bonds. The van der Waals surface area contributed by atoms with Gasteiger partial charge in [-0.3, -0.25) is 0 Å². The normalized spacial score (nSPS) is 10.2. The van der Waals surface area contributed by atoms with Crippen molar-refractivity contribution in [1.82, 2.24) is 0 Å². The molecule has 0 aliphatic carbocycles. The van der Waals surface area contributed by atoms with Crippen LogP contribution in [-0.2, 0) is 0 Å². The third-order valence-corrected chi connectivity index (χ3v) is 5.44. The van der Waals surface area contributed by atoms with E-state index in [1.807, 2.05) is 0 Å². The highest BCUT2D eigenvalue weighted by Gasteiger charge is 2.12. The molecular formula is C17H17P. The first kappa shape index (κ1) is 12.9. The molecule has 0 bridgehead atoms. The highest BCUT2D eigenvalue weighted by Crippen LogP contribution is 2.34. The number of hydrogen-bond donors (Lipinski definition) is 0. The second-order valence-corrected chi connectivity index (χ2v) is 6.47. The second kappa shape index (κ2) is 7.00. The summed E-state index contributed by atoms with van der Waals surface area (Å²) in [6, 6.07) is 21.5. The summed E-state index contributed by atoms with van der Waals surface area (Å²) in [6.07, 6.45) is 8.50. The van der Waals surface area contributed by atoms with E-state index in [4.69, 9.17) is 6.42 Å². The van der Waals surface area contributed by atoms with E-state index in [-0.39, 0.29) is 7.92 Å². The standard InChI is InChI=1S/C17H17P/c1-2-3-10-15-18(16-11-6-4-7-12-16)17-13-8-5-9-14-17/h1,4-9,11-14H,3,10,15H2. The maximum Gasteiger partial charge on any atom is 0.00896 e. The molecule has 18 heavy (non-hydrogen) atoms. The van der Waals surface area contributed by atoms with E-state index in [2.05, 4.69) is 66.6 Å². The van der Waals surface area contributed by atoms with Crippen LogP contribution in [-0.4, -0.2) is 6.16 Å². The first-order chi connectivity index (χ1) is 8.92. The summed E-state index contributed by atoms with van der Waals surface area (Å²) in [5, 5.41) is 2.88. The van der Waals surface area contributed by atoms with Gasteiger partial charge in [-0.15, -0.1) is 12.3 Å². The predicted octanol–water partition coefficient (Wildman–Crippen LogP) is 3.53. The Morgan fingerprint density at radius 2 is 1.33 bits per heavy atom. The summed E-state index contributed by atoms with van der Waals surface area (Å²) in [6.45, 7) is 0. The van der Waals surface area contributed by atoms with Gasteiger partial charge in [-0.25, -0.2) is 0 Å². The molecule has 0 saturated carbocycles. The van der Waals surface area contributed by atoms with Gasteiger partial charge in [0.15, 0.2) is 0 Å². The van der Waals surface area contributed by atoms with Crippen LogP contribution in [0.3, 0.4) is 0 Å². The zero-order valence-corrected chi connectivity index (χ0v) is 11.3. The van der Waals surface area contributed by atoms with E-state index >= 15 is 0 Å². The van der Waals surface area contributed by atoms with Gasteiger partial charge in [0.25, 0.3) is 0 Å². The molecule has 0 aliphatic heterocycles. The summed E-state index contributed by atoms with van der Waals surface area (Å²) >= 11 is 0. The lowest BCUT2D eigenvalue weighted by Crippen LogP contribution is -2.13. The van der Waals surface area contributed by atoms with Crippen LogP contribution in [0.4, 0.5) is 0 Å². The fourth-order valence-electron chi connectivity index (χ4n) is 1.96. The lowest BCUT2D eigenvalue weighted by Gasteiger charge is -2.18. The molecule has 0 saturated heterocycles. The van der Waals surface area contributed by atoms with Crippen LogP contribution in [0.2, 0.25) is 0 Å². The summed E-state index contributed by atoms with van der Waals surface area (Å²) < 4.78 is 0. The molecule has 0 atom stereocenters. The Morgan fingerprint density at radius 1 is 0.833 bits per heavy atom. The van der Waals surface area contributed by atoms with E-state index < -0.39 is 0 Å². The smallest absolute Gasteiger partial charge is 0.00896 e. The monoisotopic (exact) mass is 252 g/mol. The fraction of sp³-hybridized carbons (Fsp3) is 0.176.